The highest BCUT2D eigenvalue weighted by atomic mass is 16.2. The van der Waals surface area contributed by atoms with Crippen LogP contribution < -0.4 is 10.2 Å². The summed E-state index contributed by atoms with van der Waals surface area (Å²) in [7, 11) is 0. The number of carbonyl (C=O) groups is 1. The summed E-state index contributed by atoms with van der Waals surface area (Å²) in [5.74, 6) is 2.45. The van der Waals surface area contributed by atoms with E-state index in [1.165, 1.54) is 0 Å². The van der Waals surface area contributed by atoms with Gasteiger partial charge in [-0.05, 0) is 36.8 Å². The van der Waals surface area contributed by atoms with Crippen LogP contribution in [0.25, 0.3) is 0 Å². The Hall–Kier alpha value is -3.42. The molecular weight excluding hydrogens is 354 g/mol. The Morgan fingerprint density at radius 2 is 1.79 bits per heavy atom. The van der Waals surface area contributed by atoms with E-state index in [0.717, 1.165) is 30.3 Å². The van der Waals surface area contributed by atoms with Crippen molar-refractivity contribution in [1.29, 1.82) is 0 Å². The van der Waals surface area contributed by atoms with E-state index in [1.54, 1.807) is 12.5 Å². The number of nitrogens with zero attached hydrogens (tertiary/aromatic N) is 6. The van der Waals surface area contributed by atoms with E-state index in [2.05, 4.69) is 25.2 Å². The van der Waals surface area contributed by atoms with Gasteiger partial charge in [-0.25, -0.2) is 15.0 Å². The van der Waals surface area contributed by atoms with Gasteiger partial charge in [-0.15, -0.1) is 0 Å². The van der Waals surface area contributed by atoms with Crippen LogP contribution in [-0.2, 0) is 11.3 Å². The molecule has 1 N–H and O–H groups in total. The van der Waals surface area contributed by atoms with Gasteiger partial charge in [0, 0.05) is 50.8 Å². The predicted molar refractivity (Wildman–Crippen MR) is 108 cm³/mol. The fourth-order valence-corrected chi connectivity index (χ4v) is 3.24. The molecule has 1 aliphatic heterocycles. The normalized spacial score (nSPS) is 14.2. The number of anilines is 3. The highest BCUT2D eigenvalue weighted by molar-refractivity contribution is 5.76. The lowest BCUT2D eigenvalue weighted by atomic mass is 10.3. The number of piperazine rings is 1. The van der Waals surface area contributed by atoms with Crippen LogP contribution in [0.1, 0.15) is 5.56 Å². The maximum absolute atomic E-state index is 12.4. The molecule has 0 radical (unpaired) electrons. The zero-order valence-electron chi connectivity index (χ0n) is 15.8. The third kappa shape index (κ3) is 4.28. The van der Waals surface area contributed by atoms with Gasteiger partial charge in [-0.2, -0.15) is 0 Å². The molecule has 1 saturated heterocycles. The minimum absolute atomic E-state index is 0.145. The average molecular weight is 377 g/mol. The average Bonchev–Trinajstić information content (AvgIpc) is 3.21. The Bertz CT molecular complexity index is 933. The number of aromatic nitrogens is 4. The largest absolute Gasteiger partial charge is 0.353 e. The monoisotopic (exact) mass is 377 g/mol. The summed E-state index contributed by atoms with van der Waals surface area (Å²) in [6.07, 6.45) is 7.14. The van der Waals surface area contributed by atoms with Gasteiger partial charge in [0.1, 0.15) is 30.3 Å². The number of aryl methyl sites for hydroxylation is 1. The van der Waals surface area contributed by atoms with Crippen LogP contribution in [0.2, 0.25) is 0 Å². The van der Waals surface area contributed by atoms with Crippen molar-refractivity contribution < 1.29 is 4.79 Å². The molecule has 4 rings (SSSR count). The van der Waals surface area contributed by atoms with Gasteiger partial charge in [0.05, 0.1) is 0 Å². The molecule has 144 valence electrons. The summed E-state index contributed by atoms with van der Waals surface area (Å²) in [5.41, 5.74) is 1.13. The van der Waals surface area contributed by atoms with Gasteiger partial charge in [0.2, 0.25) is 5.91 Å². The van der Waals surface area contributed by atoms with Gasteiger partial charge < -0.3 is 19.7 Å². The van der Waals surface area contributed by atoms with Crippen molar-refractivity contribution in [3.63, 3.8) is 0 Å². The Morgan fingerprint density at radius 1 is 1.04 bits per heavy atom. The molecule has 8 nitrogen and oxygen atoms in total. The lowest BCUT2D eigenvalue weighted by Crippen LogP contribution is -2.49. The van der Waals surface area contributed by atoms with Crippen LogP contribution in [0, 0.1) is 6.92 Å². The quantitative estimate of drug-likeness (QED) is 0.733. The molecule has 1 aliphatic rings. The smallest absolute Gasteiger partial charge is 0.242 e. The van der Waals surface area contributed by atoms with E-state index in [-0.39, 0.29) is 5.91 Å². The molecular formula is C20H23N7O. The molecule has 28 heavy (non-hydrogen) atoms. The SMILES string of the molecule is Cc1ccnc(Nc2cc(N3CCN(C(=O)Cn4cccc4)CC3)ncn2)c1. The number of rotatable bonds is 5. The first-order chi connectivity index (χ1) is 13.7. The number of carbonyl (C=O) groups excluding carboxylic acids is 1. The predicted octanol–water partition coefficient (Wildman–Crippen LogP) is 2.07. The summed E-state index contributed by atoms with van der Waals surface area (Å²) in [6, 6.07) is 9.70. The first-order valence-electron chi connectivity index (χ1n) is 9.32. The Kier molecular flexibility index (Phi) is 5.18. The van der Waals surface area contributed by atoms with Crippen LogP contribution in [0.5, 0.6) is 0 Å². The second-order valence-corrected chi connectivity index (χ2v) is 6.83. The van der Waals surface area contributed by atoms with E-state index in [1.807, 2.05) is 59.1 Å². The minimum atomic E-state index is 0.145. The van der Waals surface area contributed by atoms with Gasteiger partial charge >= 0.3 is 0 Å². The third-order valence-corrected chi connectivity index (χ3v) is 4.76. The van der Waals surface area contributed by atoms with Crippen LogP contribution in [0.15, 0.2) is 55.2 Å². The van der Waals surface area contributed by atoms with Gasteiger partial charge in [-0.1, -0.05) is 0 Å². The van der Waals surface area contributed by atoms with E-state index >= 15 is 0 Å². The second-order valence-electron chi connectivity index (χ2n) is 6.83. The van der Waals surface area contributed by atoms with E-state index < -0.39 is 0 Å². The molecule has 0 unspecified atom stereocenters. The Labute approximate surface area is 163 Å². The van der Waals surface area contributed by atoms with Crippen molar-refractivity contribution in [2.24, 2.45) is 0 Å². The number of nitrogens with one attached hydrogen (secondary N) is 1. The first kappa shape index (κ1) is 18.0. The van der Waals surface area contributed by atoms with E-state index in [4.69, 9.17) is 0 Å². The second kappa shape index (κ2) is 8.08. The van der Waals surface area contributed by atoms with Gasteiger partial charge in [0.25, 0.3) is 0 Å². The summed E-state index contributed by atoms with van der Waals surface area (Å²) < 4.78 is 1.90. The zero-order valence-corrected chi connectivity index (χ0v) is 15.8. The summed E-state index contributed by atoms with van der Waals surface area (Å²) in [4.78, 5) is 29.5. The maximum atomic E-state index is 12.4. The third-order valence-electron chi connectivity index (χ3n) is 4.76. The van der Waals surface area contributed by atoms with Crippen molar-refractivity contribution in [1.82, 2.24) is 24.4 Å². The molecule has 0 aromatic carbocycles. The molecule has 3 aromatic heterocycles. The minimum Gasteiger partial charge on any atom is -0.353 e. The molecule has 0 atom stereocenters. The maximum Gasteiger partial charge on any atom is 0.242 e. The van der Waals surface area contributed by atoms with Crippen LogP contribution in [-0.4, -0.2) is 56.5 Å². The number of amides is 1. The number of hydrogen-bond acceptors (Lipinski definition) is 6. The molecule has 4 heterocycles. The van der Waals surface area contributed by atoms with Crippen LogP contribution in [0.3, 0.4) is 0 Å². The van der Waals surface area contributed by atoms with E-state index in [9.17, 15) is 4.79 Å². The van der Waals surface area contributed by atoms with Gasteiger partial charge in [0.15, 0.2) is 0 Å². The molecule has 1 fully saturated rings. The fourth-order valence-electron chi connectivity index (χ4n) is 3.24. The number of pyridine rings is 1. The lowest BCUT2D eigenvalue weighted by molar-refractivity contribution is -0.132. The molecule has 3 aromatic rings. The van der Waals surface area contributed by atoms with Crippen molar-refractivity contribution >= 4 is 23.4 Å². The topological polar surface area (TPSA) is 79.2 Å². The lowest BCUT2D eigenvalue weighted by Gasteiger charge is -2.35. The zero-order chi connectivity index (χ0) is 19.3. The molecule has 0 saturated carbocycles. The first-order valence-corrected chi connectivity index (χ1v) is 9.32. The van der Waals surface area contributed by atoms with Crippen molar-refractivity contribution in [3.8, 4) is 0 Å². The summed E-state index contributed by atoms with van der Waals surface area (Å²) in [5, 5.41) is 3.22. The summed E-state index contributed by atoms with van der Waals surface area (Å²) >= 11 is 0. The Morgan fingerprint density at radius 3 is 2.54 bits per heavy atom. The van der Waals surface area contributed by atoms with Crippen molar-refractivity contribution in [2.75, 3.05) is 36.4 Å². The summed E-state index contributed by atoms with van der Waals surface area (Å²) in [6.45, 7) is 5.28. The standard InChI is InChI=1S/C20H23N7O/c1-16-4-5-21-17(12-16)24-18-13-19(23-15-22-18)26-8-10-27(11-9-26)20(28)14-25-6-2-3-7-25/h2-7,12-13,15H,8-11,14H2,1H3,(H,21,22,23,24). The highest BCUT2D eigenvalue weighted by Crippen LogP contribution is 2.19. The number of hydrogen-bond donors (Lipinski definition) is 1. The van der Waals surface area contributed by atoms with Gasteiger partial charge in [-0.3, -0.25) is 4.79 Å². The highest BCUT2D eigenvalue weighted by Gasteiger charge is 2.22. The molecule has 0 spiro atoms. The molecule has 0 aliphatic carbocycles. The Balaban J connectivity index is 1.36. The van der Waals surface area contributed by atoms with Crippen LogP contribution in [0.4, 0.5) is 17.5 Å². The van der Waals surface area contributed by atoms with Crippen molar-refractivity contribution in [2.45, 2.75) is 13.5 Å². The fraction of sp³-hybridized carbons (Fsp3) is 0.300. The van der Waals surface area contributed by atoms with E-state index in [0.29, 0.717) is 25.5 Å². The molecule has 8 heteroatoms. The molecule has 0 bridgehead atoms. The van der Waals surface area contributed by atoms with Crippen molar-refractivity contribution in [3.05, 3.63) is 60.8 Å². The van der Waals surface area contributed by atoms with Crippen LogP contribution >= 0.6 is 0 Å². The molecule has 1 amide bonds.